The van der Waals surface area contributed by atoms with Gasteiger partial charge >= 0.3 is 5.97 Å². The van der Waals surface area contributed by atoms with Crippen LogP contribution in [0.3, 0.4) is 0 Å². The van der Waals surface area contributed by atoms with Crippen LogP contribution in [0.25, 0.3) is 0 Å². The first-order chi connectivity index (χ1) is 10.1. The van der Waals surface area contributed by atoms with Crippen LogP contribution in [0.4, 0.5) is 0 Å². The number of aliphatic carboxylic acids is 1. The average Bonchev–Trinajstić information content (AvgIpc) is 2.45. The van der Waals surface area contributed by atoms with Crippen LogP contribution in [-0.4, -0.2) is 36.2 Å². The van der Waals surface area contributed by atoms with Crippen molar-refractivity contribution in [3.05, 3.63) is 34.9 Å². The maximum atomic E-state index is 12.0. The molecule has 1 aromatic rings. The van der Waals surface area contributed by atoms with Crippen molar-refractivity contribution in [2.24, 2.45) is 5.92 Å². The summed E-state index contributed by atoms with van der Waals surface area (Å²) in [6.07, 6.45) is 1.67. The number of carboxylic acids is 1. The van der Waals surface area contributed by atoms with Gasteiger partial charge in [0, 0.05) is 17.5 Å². The summed E-state index contributed by atoms with van der Waals surface area (Å²) in [5.74, 6) is -1.53. The normalized spacial score (nSPS) is 19.8. The summed E-state index contributed by atoms with van der Waals surface area (Å²) in [4.78, 5) is 23.4. The minimum absolute atomic E-state index is 0.109. The van der Waals surface area contributed by atoms with Crippen LogP contribution >= 0.6 is 11.6 Å². The van der Waals surface area contributed by atoms with E-state index in [0.29, 0.717) is 18.2 Å². The summed E-state index contributed by atoms with van der Waals surface area (Å²) >= 11 is 5.86. The Labute approximate surface area is 128 Å². The Morgan fingerprint density at radius 3 is 2.90 bits per heavy atom. The summed E-state index contributed by atoms with van der Waals surface area (Å²) in [6.45, 7) is 1.02. The Hall–Kier alpha value is -1.59. The van der Waals surface area contributed by atoms with Gasteiger partial charge in [0.2, 0.25) is 5.91 Å². The predicted molar refractivity (Wildman–Crippen MR) is 78.3 cm³/mol. The molecule has 6 heteroatoms. The third kappa shape index (κ3) is 4.72. The fourth-order valence-corrected chi connectivity index (χ4v) is 2.68. The second-order valence-electron chi connectivity index (χ2n) is 5.17. The van der Waals surface area contributed by atoms with Gasteiger partial charge in [0.1, 0.15) is 6.04 Å². The van der Waals surface area contributed by atoms with Crippen LogP contribution in [0, 0.1) is 5.92 Å². The zero-order valence-corrected chi connectivity index (χ0v) is 12.3. The van der Waals surface area contributed by atoms with Gasteiger partial charge < -0.3 is 15.2 Å². The van der Waals surface area contributed by atoms with E-state index >= 15 is 0 Å². The van der Waals surface area contributed by atoms with Gasteiger partial charge in [-0.25, -0.2) is 4.79 Å². The van der Waals surface area contributed by atoms with E-state index in [1.165, 1.54) is 0 Å². The molecule has 0 bridgehead atoms. The molecule has 1 heterocycles. The monoisotopic (exact) mass is 311 g/mol. The molecular weight excluding hydrogens is 294 g/mol. The number of carbonyl (C=O) groups is 2. The number of hydrogen-bond acceptors (Lipinski definition) is 3. The summed E-state index contributed by atoms with van der Waals surface area (Å²) in [7, 11) is 0. The smallest absolute Gasteiger partial charge is 0.326 e. The lowest BCUT2D eigenvalue weighted by molar-refractivity contribution is -0.145. The van der Waals surface area contributed by atoms with Crippen LogP contribution in [0.1, 0.15) is 18.4 Å². The first-order valence-corrected chi connectivity index (χ1v) is 7.28. The highest BCUT2D eigenvalue weighted by Crippen LogP contribution is 2.18. The van der Waals surface area contributed by atoms with Gasteiger partial charge in [-0.3, -0.25) is 4.79 Å². The highest BCUT2D eigenvalue weighted by Gasteiger charge is 2.31. The quantitative estimate of drug-likeness (QED) is 0.870. The molecule has 0 radical (unpaired) electrons. The number of hydrogen-bond donors (Lipinski definition) is 2. The SMILES string of the molecule is O=C(Cc1cccc(Cl)c1)NC(C(=O)O)C1CCCOC1. The maximum absolute atomic E-state index is 12.0. The van der Waals surface area contributed by atoms with E-state index in [9.17, 15) is 14.7 Å². The first-order valence-electron chi connectivity index (χ1n) is 6.90. The zero-order chi connectivity index (χ0) is 15.2. The van der Waals surface area contributed by atoms with Crippen LogP contribution in [0.2, 0.25) is 5.02 Å². The third-order valence-corrected chi connectivity index (χ3v) is 3.74. The van der Waals surface area contributed by atoms with Gasteiger partial charge in [0.05, 0.1) is 13.0 Å². The lowest BCUT2D eigenvalue weighted by Crippen LogP contribution is -2.48. The van der Waals surface area contributed by atoms with Crippen LogP contribution in [0.5, 0.6) is 0 Å². The number of halogens is 1. The van der Waals surface area contributed by atoms with E-state index in [4.69, 9.17) is 16.3 Å². The van der Waals surface area contributed by atoms with Crippen LogP contribution in [0.15, 0.2) is 24.3 Å². The number of ether oxygens (including phenoxy) is 1. The Bertz CT molecular complexity index is 514. The Kier molecular flexibility index (Phi) is 5.59. The average molecular weight is 312 g/mol. The van der Waals surface area contributed by atoms with Gasteiger partial charge in [-0.05, 0) is 30.5 Å². The molecule has 114 valence electrons. The summed E-state index contributed by atoms with van der Waals surface area (Å²) < 4.78 is 5.30. The standard InChI is InChI=1S/C15H18ClNO4/c16-12-5-1-3-10(7-12)8-13(18)17-14(15(19)20)11-4-2-6-21-9-11/h1,3,5,7,11,14H,2,4,6,8-9H2,(H,17,18)(H,19,20). The molecule has 1 aliphatic heterocycles. The second-order valence-corrected chi connectivity index (χ2v) is 5.60. The first kappa shape index (κ1) is 15.8. The van der Waals surface area contributed by atoms with E-state index in [0.717, 1.165) is 18.4 Å². The molecular formula is C15H18ClNO4. The largest absolute Gasteiger partial charge is 0.480 e. The molecule has 1 aromatic carbocycles. The van der Waals surface area contributed by atoms with Crippen molar-refractivity contribution in [2.75, 3.05) is 13.2 Å². The number of benzene rings is 1. The number of carboxylic acid groups (broad SMARTS) is 1. The van der Waals surface area contributed by atoms with Crippen molar-refractivity contribution >= 4 is 23.5 Å². The molecule has 1 saturated heterocycles. The number of amides is 1. The number of nitrogens with one attached hydrogen (secondary N) is 1. The topological polar surface area (TPSA) is 75.6 Å². The van der Waals surface area contributed by atoms with Gasteiger partial charge in [-0.1, -0.05) is 23.7 Å². The van der Waals surface area contributed by atoms with E-state index in [1.807, 2.05) is 0 Å². The lowest BCUT2D eigenvalue weighted by Gasteiger charge is -2.28. The summed E-state index contributed by atoms with van der Waals surface area (Å²) in [5, 5.41) is 12.4. The van der Waals surface area contributed by atoms with Crippen molar-refractivity contribution in [3.8, 4) is 0 Å². The molecule has 1 aliphatic rings. The summed E-state index contributed by atoms with van der Waals surface area (Å²) in [6, 6.07) is 6.06. The van der Waals surface area contributed by atoms with Gasteiger partial charge in [-0.2, -0.15) is 0 Å². The summed E-state index contributed by atoms with van der Waals surface area (Å²) in [5.41, 5.74) is 0.754. The highest BCUT2D eigenvalue weighted by atomic mass is 35.5. The van der Waals surface area contributed by atoms with Crippen molar-refractivity contribution in [1.82, 2.24) is 5.32 Å². The maximum Gasteiger partial charge on any atom is 0.326 e. The van der Waals surface area contributed by atoms with E-state index < -0.39 is 12.0 Å². The fourth-order valence-electron chi connectivity index (χ4n) is 2.47. The molecule has 2 rings (SSSR count). The van der Waals surface area contributed by atoms with E-state index in [1.54, 1.807) is 24.3 Å². The minimum atomic E-state index is -1.02. The van der Waals surface area contributed by atoms with Crippen molar-refractivity contribution < 1.29 is 19.4 Å². The molecule has 2 N–H and O–H groups in total. The van der Waals surface area contributed by atoms with Crippen molar-refractivity contribution in [3.63, 3.8) is 0 Å². The van der Waals surface area contributed by atoms with Crippen LogP contribution < -0.4 is 5.32 Å². The molecule has 0 aromatic heterocycles. The van der Waals surface area contributed by atoms with Crippen LogP contribution in [-0.2, 0) is 20.7 Å². The molecule has 0 aliphatic carbocycles. The van der Waals surface area contributed by atoms with E-state index in [2.05, 4.69) is 5.32 Å². The van der Waals surface area contributed by atoms with Gasteiger partial charge in [0.25, 0.3) is 0 Å². The van der Waals surface area contributed by atoms with Gasteiger partial charge in [-0.15, -0.1) is 0 Å². The number of rotatable bonds is 5. The number of carbonyl (C=O) groups excluding carboxylic acids is 1. The zero-order valence-electron chi connectivity index (χ0n) is 11.5. The minimum Gasteiger partial charge on any atom is -0.480 e. The third-order valence-electron chi connectivity index (χ3n) is 3.50. The molecule has 0 saturated carbocycles. The molecule has 0 spiro atoms. The Morgan fingerprint density at radius 1 is 1.48 bits per heavy atom. The molecule has 2 atom stereocenters. The molecule has 2 unspecified atom stereocenters. The highest BCUT2D eigenvalue weighted by molar-refractivity contribution is 6.30. The van der Waals surface area contributed by atoms with Gasteiger partial charge in [0.15, 0.2) is 0 Å². The van der Waals surface area contributed by atoms with Crippen molar-refractivity contribution in [1.29, 1.82) is 0 Å². The fraction of sp³-hybridized carbons (Fsp3) is 0.467. The molecule has 1 amide bonds. The lowest BCUT2D eigenvalue weighted by atomic mass is 9.93. The Balaban J connectivity index is 1.96. The Morgan fingerprint density at radius 2 is 2.29 bits per heavy atom. The molecule has 1 fully saturated rings. The predicted octanol–water partition coefficient (Wildman–Crippen LogP) is 1.88. The molecule has 5 nitrogen and oxygen atoms in total. The van der Waals surface area contributed by atoms with E-state index in [-0.39, 0.29) is 18.2 Å². The second kappa shape index (κ2) is 7.43. The van der Waals surface area contributed by atoms with Crippen molar-refractivity contribution in [2.45, 2.75) is 25.3 Å². The molecule has 21 heavy (non-hydrogen) atoms.